The summed E-state index contributed by atoms with van der Waals surface area (Å²) in [7, 11) is 0. The fourth-order valence-corrected chi connectivity index (χ4v) is 2.07. The minimum Gasteiger partial charge on any atom is -0.492 e. The number of aromatic amines is 1. The first-order valence-corrected chi connectivity index (χ1v) is 6.61. The summed E-state index contributed by atoms with van der Waals surface area (Å²) < 4.78 is 1.12. The molecule has 11 heteroatoms. The summed E-state index contributed by atoms with van der Waals surface area (Å²) in [6, 6.07) is 0. The van der Waals surface area contributed by atoms with Crippen molar-refractivity contribution in [3.05, 3.63) is 26.5 Å². The molecule has 6 N–H and O–H groups in total. The van der Waals surface area contributed by atoms with Crippen molar-refractivity contribution >= 4 is 0 Å². The Kier molecular flexibility index (Phi) is 4.75. The number of nitrogens with one attached hydrogen (secondary N) is 1. The van der Waals surface area contributed by atoms with Crippen molar-refractivity contribution in [3.8, 4) is 17.4 Å². The molecule has 0 fully saturated rings. The monoisotopic (exact) mass is 328 g/mol. The molecule has 23 heavy (non-hydrogen) atoms. The second-order valence-electron chi connectivity index (χ2n) is 4.98. The highest BCUT2D eigenvalue weighted by atomic mass is 16.4. The summed E-state index contributed by atoms with van der Waals surface area (Å²) in [5, 5.41) is 47.5. The molecule has 0 aromatic rings. The lowest BCUT2D eigenvalue weighted by Gasteiger charge is -2.25. The van der Waals surface area contributed by atoms with Gasteiger partial charge in [0.25, 0.3) is 5.56 Å². The highest BCUT2D eigenvalue weighted by Gasteiger charge is 2.27. The van der Waals surface area contributed by atoms with Crippen LogP contribution in [0.3, 0.4) is 0 Å². The third kappa shape index (κ3) is 3.22. The molecule has 2 rings (SSSR count). The van der Waals surface area contributed by atoms with Gasteiger partial charge in [0.05, 0.1) is 18.8 Å². The molecule has 3 atom stereocenters. The second kappa shape index (κ2) is 6.42. The summed E-state index contributed by atoms with van der Waals surface area (Å²) in [6.45, 7) is 0.218. The Hall–Kier alpha value is -2.34. The van der Waals surface area contributed by atoms with Gasteiger partial charge in [-0.25, -0.2) is 9.78 Å². The van der Waals surface area contributed by atoms with E-state index >= 15 is 0 Å². The Morgan fingerprint density at radius 3 is 2.43 bits per heavy atom. The zero-order valence-electron chi connectivity index (χ0n) is 12.0. The van der Waals surface area contributed by atoms with Crippen molar-refractivity contribution < 1.29 is 25.5 Å². The zero-order valence-corrected chi connectivity index (χ0v) is 12.0. The third-order valence-electron chi connectivity index (χ3n) is 3.40. The number of aliphatic hydroxyl groups excluding tert-OH is 4. The molecular formula is C12H16N4O7. The topological polar surface area (TPSA) is 182 Å². The minimum absolute atomic E-state index is 0.0831. The van der Waals surface area contributed by atoms with E-state index in [4.69, 9.17) is 5.11 Å². The molecule has 0 amide bonds. The Morgan fingerprint density at radius 1 is 1.17 bits per heavy atom. The molecule has 0 saturated carbocycles. The third-order valence-corrected chi connectivity index (χ3v) is 3.40. The van der Waals surface area contributed by atoms with Crippen LogP contribution in [0, 0.1) is 6.92 Å². The van der Waals surface area contributed by atoms with Crippen LogP contribution in [-0.4, -0.2) is 70.0 Å². The van der Waals surface area contributed by atoms with Crippen molar-refractivity contribution in [3.63, 3.8) is 0 Å². The van der Waals surface area contributed by atoms with E-state index in [1.807, 2.05) is 4.98 Å². The maximum Gasteiger partial charge on any atom is 0.349 e. The first-order valence-electron chi connectivity index (χ1n) is 6.61. The number of nitrogens with zero attached hydrogens (tertiary/aromatic N) is 3. The maximum absolute atomic E-state index is 11.7. The van der Waals surface area contributed by atoms with Gasteiger partial charge in [-0.2, -0.15) is 4.98 Å². The summed E-state index contributed by atoms with van der Waals surface area (Å²) >= 11 is 0. The number of rotatable bonds is 5. The van der Waals surface area contributed by atoms with Crippen LogP contribution >= 0.6 is 0 Å². The fraction of sp³-hybridized carbons (Fsp3) is 0.500. The summed E-state index contributed by atoms with van der Waals surface area (Å²) in [4.78, 5) is 32.2. The normalized spacial score (nSPS) is 15.5. The molecule has 0 saturated heterocycles. The molecule has 0 radical (unpaired) electrons. The fourth-order valence-electron chi connectivity index (χ4n) is 2.07. The van der Waals surface area contributed by atoms with Crippen LogP contribution in [0.2, 0.25) is 0 Å². The summed E-state index contributed by atoms with van der Waals surface area (Å²) in [6.07, 6.45) is -4.84. The van der Waals surface area contributed by atoms with Gasteiger partial charge >= 0.3 is 5.69 Å². The SMILES string of the molecule is Cc1c(O)nc2c(=O)[nH]c(=O)nc-2n1CC(O)C(O)C(O)CO. The number of aliphatic hydroxyl groups is 4. The lowest BCUT2D eigenvalue weighted by atomic mass is 10.1. The van der Waals surface area contributed by atoms with E-state index in [0.717, 1.165) is 4.57 Å². The van der Waals surface area contributed by atoms with Crippen molar-refractivity contribution in [2.24, 2.45) is 0 Å². The second-order valence-corrected chi connectivity index (χ2v) is 4.98. The number of aromatic hydroxyl groups is 1. The molecule has 2 aliphatic rings. The molecule has 126 valence electrons. The smallest absolute Gasteiger partial charge is 0.349 e. The van der Waals surface area contributed by atoms with Gasteiger partial charge in [0.15, 0.2) is 11.5 Å². The summed E-state index contributed by atoms with van der Waals surface area (Å²) in [5.41, 5.74) is -2.04. The van der Waals surface area contributed by atoms with Crippen LogP contribution in [0.25, 0.3) is 11.5 Å². The van der Waals surface area contributed by atoms with Crippen LogP contribution in [0.15, 0.2) is 9.59 Å². The number of hydrogen-bond acceptors (Lipinski definition) is 9. The lowest BCUT2D eigenvalue weighted by molar-refractivity contribution is -0.0807. The Morgan fingerprint density at radius 2 is 1.83 bits per heavy atom. The van der Waals surface area contributed by atoms with E-state index in [-0.39, 0.29) is 17.2 Å². The van der Waals surface area contributed by atoms with Gasteiger partial charge in [0.2, 0.25) is 5.88 Å². The van der Waals surface area contributed by atoms with E-state index in [1.165, 1.54) is 6.92 Å². The van der Waals surface area contributed by atoms with Crippen LogP contribution in [0.5, 0.6) is 5.88 Å². The lowest BCUT2D eigenvalue weighted by Crippen LogP contribution is -2.42. The van der Waals surface area contributed by atoms with Gasteiger partial charge in [-0.05, 0) is 6.92 Å². The Labute approximate surface area is 128 Å². The first kappa shape index (κ1) is 17.0. The van der Waals surface area contributed by atoms with Crippen molar-refractivity contribution in [2.45, 2.75) is 31.8 Å². The molecule has 11 nitrogen and oxygen atoms in total. The molecule has 0 spiro atoms. The van der Waals surface area contributed by atoms with Crippen molar-refractivity contribution in [1.82, 2.24) is 19.5 Å². The highest BCUT2D eigenvalue weighted by Crippen LogP contribution is 2.22. The molecule has 2 aliphatic heterocycles. The zero-order chi connectivity index (χ0) is 17.3. The number of H-pyrrole nitrogens is 1. The van der Waals surface area contributed by atoms with E-state index in [2.05, 4.69) is 9.97 Å². The molecule has 0 aliphatic carbocycles. The molecular weight excluding hydrogens is 312 g/mol. The summed E-state index contributed by atoms with van der Waals surface area (Å²) in [5.74, 6) is -0.716. The standard InChI is InChI=1S/C12H16N4O7/c1-4-10(21)13-7-9(14-12(23)15-11(7)22)16(4)2-5(18)8(20)6(19)3-17/h5-6,8,17-21H,2-3H2,1H3,(H,15,22,23). The van der Waals surface area contributed by atoms with Crippen molar-refractivity contribution in [1.29, 1.82) is 0 Å². The number of fused-ring (bicyclic) bond motifs is 1. The van der Waals surface area contributed by atoms with Gasteiger partial charge in [0, 0.05) is 0 Å². The Bertz CT molecular complexity index is 786. The molecule has 0 aromatic heterocycles. The van der Waals surface area contributed by atoms with Crippen LogP contribution in [-0.2, 0) is 6.54 Å². The van der Waals surface area contributed by atoms with Gasteiger partial charge in [-0.15, -0.1) is 0 Å². The molecule has 0 aromatic carbocycles. The minimum atomic E-state index is -1.69. The Balaban J connectivity index is 2.53. The average molecular weight is 328 g/mol. The molecule has 2 heterocycles. The molecule has 0 bridgehead atoms. The van der Waals surface area contributed by atoms with Gasteiger partial charge in [0.1, 0.15) is 18.3 Å². The van der Waals surface area contributed by atoms with Crippen LogP contribution in [0.1, 0.15) is 5.69 Å². The van der Waals surface area contributed by atoms with E-state index in [0.29, 0.717) is 0 Å². The number of hydrogen-bond donors (Lipinski definition) is 6. The largest absolute Gasteiger partial charge is 0.492 e. The van der Waals surface area contributed by atoms with Crippen LogP contribution in [0.4, 0.5) is 0 Å². The predicted molar refractivity (Wildman–Crippen MR) is 75.0 cm³/mol. The number of aromatic nitrogens is 4. The van der Waals surface area contributed by atoms with Gasteiger partial charge < -0.3 is 30.1 Å². The highest BCUT2D eigenvalue weighted by molar-refractivity contribution is 5.51. The van der Waals surface area contributed by atoms with Gasteiger partial charge in [-0.3, -0.25) is 9.78 Å². The first-order chi connectivity index (χ1) is 10.8. The maximum atomic E-state index is 11.7. The van der Waals surface area contributed by atoms with E-state index < -0.39 is 48.6 Å². The van der Waals surface area contributed by atoms with Crippen molar-refractivity contribution in [2.75, 3.05) is 6.61 Å². The quantitative estimate of drug-likeness (QED) is 0.324. The average Bonchev–Trinajstić information content (AvgIpc) is 2.51. The predicted octanol–water partition coefficient (Wildman–Crippen LogP) is -3.48. The van der Waals surface area contributed by atoms with Crippen LogP contribution < -0.4 is 11.2 Å². The van der Waals surface area contributed by atoms with E-state index in [9.17, 15) is 30.0 Å². The van der Waals surface area contributed by atoms with E-state index in [1.54, 1.807) is 0 Å². The molecule has 3 unspecified atom stereocenters. The van der Waals surface area contributed by atoms with Gasteiger partial charge in [-0.1, -0.05) is 0 Å².